The van der Waals surface area contributed by atoms with Crippen LogP contribution in [-0.4, -0.2) is 16.1 Å². The van der Waals surface area contributed by atoms with E-state index in [4.69, 9.17) is 0 Å². The monoisotopic (exact) mass is 208 g/mol. The molecule has 15 heavy (non-hydrogen) atoms. The zero-order valence-electron chi connectivity index (χ0n) is 9.92. The summed E-state index contributed by atoms with van der Waals surface area (Å²) in [5.74, 6) is 0. The number of aryl methyl sites for hydroxylation is 2. The summed E-state index contributed by atoms with van der Waals surface area (Å²) in [7, 11) is 0. The third-order valence-corrected chi connectivity index (χ3v) is 2.69. The zero-order chi connectivity index (χ0) is 11.3. The molecule has 0 aromatic carbocycles. The van der Waals surface area contributed by atoms with Gasteiger partial charge in [-0.2, -0.15) is 5.10 Å². The number of carbonyl (C=O) groups is 1. The molecule has 0 amide bonds. The Bertz CT molecular complexity index is 329. The summed E-state index contributed by atoms with van der Waals surface area (Å²) in [6.45, 7) is 7.21. The Hall–Kier alpha value is -1.12. The number of nitrogens with zero attached hydrogens (tertiary/aromatic N) is 2. The van der Waals surface area contributed by atoms with E-state index in [1.165, 1.54) is 0 Å². The first-order valence-corrected chi connectivity index (χ1v) is 5.82. The molecule has 0 N–H and O–H groups in total. The summed E-state index contributed by atoms with van der Waals surface area (Å²) in [6, 6.07) is 0. The van der Waals surface area contributed by atoms with Crippen molar-refractivity contribution in [3.05, 3.63) is 17.0 Å². The summed E-state index contributed by atoms with van der Waals surface area (Å²) in [6.07, 6.45) is 4.94. The van der Waals surface area contributed by atoms with E-state index in [1.54, 1.807) is 0 Å². The van der Waals surface area contributed by atoms with E-state index in [0.717, 1.165) is 55.5 Å². The Morgan fingerprint density at radius 2 is 2.00 bits per heavy atom. The van der Waals surface area contributed by atoms with E-state index in [2.05, 4.69) is 18.9 Å². The highest BCUT2D eigenvalue weighted by molar-refractivity contribution is 5.78. The van der Waals surface area contributed by atoms with Crippen LogP contribution < -0.4 is 0 Å². The molecule has 0 unspecified atom stereocenters. The maximum atomic E-state index is 11.0. The minimum Gasteiger partial charge on any atom is -0.298 e. The van der Waals surface area contributed by atoms with Crippen molar-refractivity contribution in [2.24, 2.45) is 0 Å². The average molecular weight is 208 g/mol. The molecule has 1 aromatic rings. The number of rotatable bonds is 6. The summed E-state index contributed by atoms with van der Waals surface area (Å²) in [5.41, 5.74) is 2.85. The van der Waals surface area contributed by atoms with Gasteiger partial charge in [-0.25, -0.2) is 0 Å². The normalized spacial score (nSPS) is 10.6. The van der Waals surface area contributed by atoms with E-state index in [-0.39, 0.29) is 0 Å². The van der Waals surface area contributed by atoms with Crippen molar-refractivity contribution in [2.45, 2.75) is 53.0 Å². The molecule has 0 fully saturated rings. The van der Waals surface area contributed by atoms with Crippen LogP contribution >= 0.6 is 0 Å². The van der Waals surface area contributed by atoms with Crippen molar-refractivity contribution >= 4 is 6.29 Å². The topological polar surface area (TPSA) is 34.9 Å². The van der Waals surface area contributed by atoms with Crippen LogP contribution in [0.15, 0.2) is 0 Å². The molecule has 0 spiro atoms. The standard InChI is InChI=1S/C12H20N2O/c1-4-7-8-14-12(6-3)10(9-15)11(5-2)13-14/h9H,4-8H2,1-3H3. The van der Waals surface area contributed by atoms with Crippen molar-refractivity contribution in [3.63, 3.8) is 0 Å². The second-order valence-electron chi connectivity index (χ2n) is 3.71. The molecule has 1 heterocycles. The molecule has 0 radical (unpaired) electrons. The van der Waals surface area contributed by atoms with Crippen LogP contribution in [0.3, 0.4) is 0 Å². The van der Waals surface area contributed by atoms with Crippen molar-refractivity contribution in [2.75, 3.05) is 0 Å². The van der Waals surface area contributed by atoms with Gasteiger partial charge in [-0.15, -0.1) is 0 Å². The molecule has 3 heteroatoms. The molecular formula is C12H20N2O. The van der Waals surface area contributed by atoms with Gasteiger partial charge < -0.3 is 0 Å². The lowest BCUT2D eigenvalue weighted by Crippen LogP contribution is -2.05. The minimum atomic E-state index is 0.816. The van der Waals surface area contributed by atoms with Crippen LogP contribution in [0.2, 0.25) is 0 Å². The molecule has 1 rings (SSSR count). The molecule has 0 aliphatic rings. The molecule has 0 aliphatic heterocycles. The van der Waals surface area contributed by atoms with Crippen LogP contribution in [0, 0.1) is 0 Å². The van der Waals surface area contributed by atoms with Gasteiger partial charge in [0.2, 0.25) is 0 Å². The fourth-order valence-electron chi connectivity index (χ4n) is 1.83. The summed E-state index contributed by atoms with van der Waals surface area (Å²) >= 11 is 0. The first kappa shape index (κ1) is 12.0. The predicted molar refractivity (Wildman–Crippen MR) is 61.3 cm³/mol. The maximum Gasteiger partial charge on any atom is 0.153 e. The Balaban J connectivity index is 3.03. The van der Waals surface area contributed by atoms with Gasteiger partial charge in [0.15, 0.2) is 6.29 Å². The fourth-order valence-corrected chi connectivity index (χ4v) is 1.83. The van der Waals surface area contributed by atoms with Gasteiger partial charge in [0.05, 0.1) is 11.3 Å². The van der Waals surface area contributed by atoms with Crippen LogP contribution in [0.5, 0.6) is 0 Å². The lowest BCUT2D eigenvalue weighted by atomic mass is 10.1. The first-order valence-electron chi connectivity index (χ1n) is 5.82. The summed E-state index contributed by atoms with van der Waals surface area (Å²) in [5, 5.41) is 4.49. The Kier molecular flexibility index (Phi) is 4.53. The quantitative estimate of drug-likeness (QED) is 0.673. The van der Waals surface area contributed by atoms with Gasteiger partial charge in [-0.05, 0) is 19.3 Å². The van der Waals surface area contributed by atoms with Gasteiger partial charge in [0.25, 0.3) is 0 Å². The zero-order valence-corrected chi connectivity index (χ0v) is 9.92. The van der Waals surface area contributed by atoms with Crippen molar-refractivity contribution in [3.8, 4) is 0 Å². The largest absolute Gasteiger partial charge is 0.298 e. The van der Waals surface area contributed by atoms with Gasteiger partial charge in [-0.1, -0.05) is 27.2 Å². The summed E-state index contributed by atoms with van der Waals surface area (Å²) < 4.78 is 2.01. The van der Waals surface area contributed by atoms with Crippen LogP contribution in [0.25, 0.3) is 0 Å². The third-order valence-electron chi connectivity index (χ3n) is 2.69. The van der Waals surface area contributed by atoms with Crippen LogP contribution in [0.1, 0.15) is 55.4 Å². The maximum absolute atomic E-state index is 11.0. The number of hydrogen-bond acceptors (Lipinski definition) is 2. The second-order valence-corrected chi connectivity index (χ2v) is 3.71. The molecule has 0 bridgehead atoms. The van der Waals surface area contributed by atoms with E-state index >= 15 is 0 Å². The van der Waals surface area contributed by atoms with Gasteiger partial charge in [0, 0.05) is 12.2 Å². The third kappa shape index (κ3) is 2.46. The summed E-state index contributed by atoms with van der Waals surface area (Å²) in [4.78, 5) is 11.0. The smallest absolute Gasteiger partial charge is 0.153 e. The number of aldehydes is 1. The van der Waals surface area contributed by atoms with E-state index < -0.39 is 0 Å². The Morgan fingerprint density at radius 3 is 2.47 bits per heavy atom. The molecule has 0 atom stereocenters. The Labute approximate surface area is 91.5 Å². The average Bonchev–Trinajstić information content (AvgIpc) is 2.62. The highest BCUT2D eigenvalue weighted by Crippen LogP contribution is 2.14. The molecular weight excluding hydrogens is 188 g/mol. The fraction of sp³-hybridized carbons (Fsp3) is 0.667. The highest BCUT2D eigenvalue weighted by atomic mass is 16.1. The number of hydrogen-bond donors (Lipinski definition) is 0. The van der Waals surface area contributed by atoms with Gasteiger partial charge >= 0.3 is 0 Å². The van der Waals surface area contributed by atoms with Gasteiger partial charge in [-0.3, -0.25) is 9.48 Å². The van der Waals surface area contributed by atoms with Crippen molar-refractivity contribution in [1.29, 1.82) is 0 Å². The molecule has 1 aromatic heterocycles. The van der Waals surface area contributed by atoms with Crippen molar-refractivity contribution < 1.29 is 4.79 Å². The molecule has 3 nitrogen and oxygen atoms in total. The van der Waals surface area contributed by atoms with E-state index in [1.807, 2.05) is 11.6 Å². The van der Waals surface area contributed by atoms with E-state index in [9.17, 15) is 4.79 Å². The SMILES string of the molecule is CCCCn1nc(CC)c(C=O)c1CC. The minimum absolute atomic E-state index is 0.816. The molecule has 0 aliphatic carbocycles. The highest BCUT2D eigenvalue weighted by Gasteiger charge is 2.13. The lowest BCUT2D eigenvalue weighted by Gasteiger charge is -2.04. The number of unbranched alkanes of at least 4 members (excludes halogenated alkanes) is 1. The molecule has 0 saturated heterocycles. The van der Waals surface area contributed by atoms with E-state index in [0.29, 0.717) is 0 Å². The van der Waals surface area contributed by atoms with Crippen molar-refractivity contribution in [1.82, 2.24) is 9.78 Å². The Morgan fingerprint density at radius 1 is 1.27 bits per heavy atom. The number of aromatic nitrogens is 2. The van der Waals surface area contributed by atoms with Crippen LogP contribution in [0.4, 0.5) is 0 Å². The van der Waals surface area contributed by atoms with Gasteiger partial charge in [0.1, 0.15) is 0 Å². The lowest BCUT2D eigenvalue weighted by molar-refractivity contribution is 0.112. The number of carbonyl (C=O) groups excluding carboxylic acids is 1. The molecule has 0 saturated carbocycles. The van der Waals surface area contributed by atoms with Crippen LogP contribution in [-0.2, 0) is 19.4 Å². The first-order chi connectivity index (χ1) is 7.28. The molecule has 84 valence electrons. The second kappa shape index (κ2) is 5.69. The predicted octanol–water partition coefficient (Wildman–Crippen LogP) is 2.62.